The van der Waals surface area contributed by atoms with Gasteiger partial charge in [0.15, 0.2) is 0 Å². The Hall–Kier alpha value is -1.55. The molecule has 1 rings (SSSR count). The van der Waals surface area contributed by atoms with Gasteiger partial charge in [0, 0.05) is 11.3 Å². The Balaban J connectivity index is 2.63. The third-order valence-corrected chi connectivity index (χ3v) is 3.03. The largest absolute Gasteiger partial charge is 0.465 e. The van der Waals surface area contributed by atoms with Crippen molar-refractivity contribution in [3.63, 3.8) is 0 Å². The Labute approximate surface area is 105 Å². The van der Waals surface area contributed by atoms with Gasteiger partial charge in [0.2, 0.25) is 5.12 Å². The Morgan fingerprint density at radius 1 is 1.29 bits per heavy atom. The first kappa shape index (κ1) is 13.5. The summed E-state index contributed by atoms with van der Waals surface area (Å²) in [6, 6.07) is 6.45. The molecule has 0 fully saturated rings. The van der Waals surface area contributed by atoms with Gasteiger partial charge in [0.25, 0.3) is 0 Å². The Morgan fingerprint density at radius 3 is 2.41 bits per heavy atom. The number of ether oxygens (including phenoxy) is 1. The lowest BCUT2D eigenvalue weighted by molar-refractivity contribution is 0.0600. The molecule has 0 bridgehead atoms. The minimum atomic E-state index is -0.400. The van der Waals surface area contributed by atoms with Crippen LogP contribution in [0, 0.1) is 0 Å². The molecule has 0 unspecified atom stereocenters. The molecular formula is C13H14O3S. The fourth-order valence-electron chi connectivity index (χ4n) is 1.18. The zero-order valence-electron chi connectivity index (χ0n) is 9.64. The highest BCUT2D eigenvalue weighted by Crippen LogP contribution is 2.14. The van der Waals surface area contributed by atoms with Gasteiger partial charge in [-0.2, -0.15) is 0 Å². The first-order valence-electron chi connectivity index (χ1n) is 5.15. The van der Waals surface area contributed by atoms with Crippen molar-refractivity contribution in [3.8, 4) is 0 Å². The van der Waals surface area contributed by atoms with Crippen LogP contribution in [-0.4, -0.2) is 23.9 Å². The smallest absolute Gasteiger partial charge is 0.337 e. The van der Waals surface area contributed by atoms with Crippen LogP contribution in [0.25, 0.3) is 0 Å². The van der Waals surface area contributed by atoms with Crippen LogP contribution in [0.4, 0.5) is 0 Å². The molecule has 17 heavy (non-hydrogen) atoms. The molecule has 0 spiro atoms. The second-order valence-electron chi connectivity index (χ2n) is 3.28. The van der Waals surface area contributed by atoms with Gasteiger partial charge in [-0.05, 0) is 30.7 Å². The fraction of sp³-hybridized carbons (Fsp3) is 0.231. The minimum Gasteiger partial charge on any atom is -0.465 e. The Kier molecular flexibility index (Phi) is 5.49. The van der Waals surface area contributed by atoms with Crippen molar-refractivity contribution in [2.24, 2.45) is 0 Å². The van der Waals surface area contributed by atoms with Crippen molar-refractivity contribution in [1.82, 2.24) is 0 Å². The molecule has 0 N–H and O–H groups in total. The second-order valence-corrected chi connectivity index (χ2v) is 4.35. The molecule has 0 atom stereocenters. The average Bonchev–Trinajstić information content (AvgIpc) is 2.38. The highest BCUT2D eigenvalue weighted by Gasteiger charge is 2.08. The van der Waals surface area contributed by atoms with Crippen molar-refractivity contribution >= 4 is 22.8 Å². The second kappa shape index (κ2) is 6.91. The monoisotopic (exact) mass is 250 g/mol. The van der Waals surface area contributed by atoms with Crippen LogP contribution in [0.5, 0.6) is 0 Å². The molecule has 3 nitrogen and oxygen atoms in total. The van der Waals surface area contributed by atoms with E-state index in [-0.39, 0.29) is 5.12 Å². The molecule has 4 heteroatoms. The number of hydrogen-bond donors (Lipinski definition) is 0. The summed E-state index contributed by atoms with van der Waals surface area (Å²) >= 11 is 1.25. The predicted octanol–water partition coefficient (Wildman–Crippen LogP) is 2.92. The number of benzene rings is 1. The van der Waals surface area contributed by atoms with Crippen LogP contribution < -0.4 is 0 Å². The highest BCUT2D eigenvalue weighted by atomic mass is 32.2. The lowest BCUT2D eigenvalue weighted by atomic mass is 10.1. The molecule has 0 aliphatic carbocycles. The summed E-state index contributed by atoms with van der Waals surface area (Å²) < 4.78 is 4.58. The molecule has 0 aromatic heterocycles. The molecule has 0 saturated carbocycles. The van der Waals surface area contributed by atoms with E-state index in [4.69, 9.17) is 0 Å². The van der Waals surface area contributed by atoms with Crippen LogP contribution in [0.2, 0.25) is 0 Å². The van der Waals surface area contributed by atoms with Gasteiger partial charge in [-0.25, -0.2) is 4.79 Å². The standard InChI is InChI=1S/C13H14O3S/c1-3-4-9-17-13(15)11-7-5-10(6-8-11)12(14)16-2/h3,5-8H,1,4,9H2,2H3. The quantitative estimate of drug-likeness (QED) is 0.458. The van der Waals surface area contributed by atoms with Gasteiger partial charge in [0.05, 0.1) is 12.7 Å². The molecule has 0 radical (unpaired) electrons. The van der Waals surface area contributed by atoms with Crippen molar-refractivity contribution in [2.75, 3.05) is 12.9 Å². The SMILES string of the molecule is C=CCCSC(=O)c1ccc(C(=O)OC)cc1. The molecule has 0 amide bonds. The lowest BCUT2D eigenvalue weighted by Crippen LogP contribution is -2.02. The van der Waals surface area contributed by atoms with E-state index in [2.05, 4.69) is 11.3 Å². The number of carbonyl (C=O) groups excluding carboxylic acids is 2. The number of allylic oxidation sites excluding steroid dienone is 1. The molecular weight excluding hydrogens is 236 g/mol. The van der Waals surface area contributed by atoms with Gasteiger partial charge >= 0.3 is 5.97 Å². The molecule has 1 aromatic carbocycles. The summed E-state index contributed by atoms with van der Waals surface area (Å²) in [4.78, 5) is 22.9. The lowest BCUT2D eigenvalue weighted by Gasteiger charge is -2.01. The normalized spacial score (nSPS) is 9.71. The molecule has 0 heterocycles. The van der Waals surface area contributed by atoms with Gasteiger partial charge in [-0.3, -0.25) is 4.79 Å². The maximum absolute atomic E-state index is 11.7. The predicted molar refractivity (Wildman–Crippen MR) is 69.4 cm³/mol. The highest BCUT2D eigenvalue weighted by molar-refractivity contribution is 8.14. The van der Waals surface area contributed by atoms with Gasteiger partial charge in [-0.15, -0.1) is 6.58 Å². The van der Waals surface area contributed by atoms with E-state index in [1.165, 1.54) is 18.9 Å². The van der Waals surface area contributed by atoms with Gasteiger partial charge < -0.3 is 4.74 Å². The van der Waals surface area contributed by atoms with E-state index in [0.717, 1.165) is 12.2 Å². The van der Waals surface area contributed by atoms with E-state index in [1.807, 2.05) is 0 Å². The molecule has 0 aliphatic rings. The first-order chi connectivity index (χ1) is 8.19. The third kappa shape index (κ3) is 4.07. The number of carbonyl (C=O) groups is 2. The van der Waals surface area contributed by atoms with Crippen LogP contribution >= 0.6 is 11.8 Å². The Bertz CT molecular complexity index is 409. The molecule has 0 aliphatic heterocycles. The summed E-state index contributed by atoms with van der Waals surface area (Å²) in [5.41, 5.74) is 1.03. The fourth-order valence-corrected chi connectivity index (χ4v) is 1.95. The van der Waals surface area contributed by atoms with E-state index in [0.29, 0.717) is 11.1 Å². The number of esters is 1. The summed E-state index contributed by atoms with van der Waals surface area (Å²) in [5.74, 6) is 0.324. The van der Waals surface area contributed by atoms with E-state index in [1.54, 1.807) is 30.3 Å². The third-order valence-electron chi connectivity index (χ3n) is 2.10. The molecule has 90 valence electrons. The maximum Gasteiger partial charge on any atom is 0.337 e. The minimum absolute atomic E-state index is 0.00302. The first-order valence-corrected chi connectivity index (χ1v) is 6.14. The topological polar surface area (TPSA) is 43.4 Å². The van der Waals surface area contributed by atoms with E-state index >= 15 is 0 Å². The zero-order chi connectivity index (χ0) is 12.7. The number of hydrogen-bond acceptors (Lipinski definition) is 4. The molecule has 1 aromatic rings. The van der Waals surface area contributed by atoms with E-state index in [9.17, 15) is 9.59 Å². The zero-order valence-corrected chi connectivity index (χ0v) is 10.5. The Morgan fingerprint density at radius 2 is 1.88 bits per heavy atom. The van der Waals surface area contributed by atoms with Gasteiger partial charge in [0.1, 0.15) is 0 Å². The number of thioether (sulfide) groups is 1. The van der Waals surface area contributed by atoms with Crippen molar-refractivity contribution in [3.05, 3.63) is 48.0 Å². The van der Waals surface area contributed by atoms with Crippen molar-refractivity contribution < 1.29 is 14.3 Å². The van der Waals surface area contributed by atoms with Crippen molar-refractivity contribution in [2.45, 2.75) is 6.42 Å². The number of methoxy groups -OCH3 is 1. The average molecular weight is 250 g/mol. The summed E-state index contributed by atoms with van der Waals surface area (Å²) in [6.07, 6.45) is 2.58. The van der Waals surface area contributed by atoms with Crippen LogP contribution in [0.15, 0.2) is 36.9 Å². The summed E-state index contributed by atoms with van der Waals surface area (Å²) in [6.45, 7) is 3.59. The van der Waals surface area contributed by atoms with Crippen LogP contribution in [-0.2, 0) is 4.74 Å². The molecule has 0 saturated heterocycles. The van der Waals surface area contributed by atoms with Crippen LogP contribution in [0.1, 0.15) is 27.1 Å². The maximum atomic E-state index is 11.7. The number of rotatable bonds is 5. The summed E-state index contributed by atoms with van der Waals surface area (Å²) in [7, 11) is 1.33. The van der Waals surface area contributed by atoms with Crippen molar-refractivity contribution in [1.29, 1.82) is 0 Å². The van der Waals surface area contributed by atoms with Gasteiger partial charge in [-0.1, -0.05) is 17.8 Å². The van der Waals surface area contributed by atoms with E-state index < -0.39 is 5.97 Å². The van der Waals surface area contributed by atoms with Crippen LogP contribution in [0.3, 0.4) is 0 Å². The summed E-state index contributed by atoms with van der Waals surface area (Å²) in [5, 5.41) is 0.00302.